The highest BCUT2D eigenvalue weighted by Crippen LogP contribution is 2.59. The lowest BCUT2D eigenvalue weighted by Gasteiger charge is -2.33. The number of hydrogen-bond donors (Lipinski definition) is 0. The van der Waals surface area contributed by atoms with E-state index in [-0.39, 0.29) is 0 Å². The molecule has 0 aliphatic heterocycles. The van der Waals surface area contributed by atoms with Crippen LogP contribution in [-0.2, 0) is 27.6 Å². The predicted molar refractivity (Wildman–Crippen MR) is 82.7 cm³/mol. The fourth-order valence-corrected chi connectivity index (χ4v) is 12.0. The fraction of sp³-hybridized carbons (Fsp3) is 0.818. The number of carbonyl (C=O) groups is 2. The van der Waals surface area contributed by atoms with Crippen molar-refractivity contribution in [2.45, 2.75) is 59.2 Å². The van der Waals surface area contributed by atoms with Gasteiger partial charge in [-0.25, -0.2) is 4.79 Å². The minimum Gasteiger partial charge on any atom is -0.451 e. The lowest BCUT2D eigenvalue weighted by molar-refractivity contribution is -0.159. The minimum atomic E-state index is -3.52. The summed E-state index contributed by atoms with van der Waals surface area (Å²) in [5, 5.41) is 0. The van der Waals surface area contributed by atoms with E-state index in [1.165, 1.54) is 13.8 Å². The van der Waals surface area contributed by atoms with Gasteiger partial charge in [-0.3, -0.25) is 9.36 Å². The number of rotatable bonds is 6. The van der Waals surface area contributed by atoms with Crippen LogP contribution in [0.15, 0.2) is 0 Å². The van der Waals surface area contributed by atoms with Crippen LogP contribution in [0.5, 0.6) is 0 Å². The summed E-state index contributed by atoms with van der Waals surface area (Å²) in [6.07, 6.45) is -1.09. The van der Waals surface area contributed by atoms with Crippen molar-refractivity contribution in [2.24, 2.45) is 0 Å². The van der Waals surface area contributed by atoms with E-state index in [4.69, 9.17) is 13.5 Å². The minimum absolute atomic E-state index is 0.594. The quantitative estimate of drug-likeness (QED) is 0.419. The lowest BCUT2D eigenvalue weighted by atomic mass is 10.4. The topological polar surface area (TPSA) is 78.9 Å². The van der Waals surface area contributed by atoms with Crippen LogP contribution >= 0.6 is 7.14 Å². The van der Waals surface area contributed by atoms with Gasteiger partial charge in [-0.2, -0.15) is 0 Å². The fourth-order valence-electron chi connectivity index (χ4n) is 1.14. The van der Waals surface area contributed by atoms with E-state index in [0.29, 0.717) is 0 Å². The SMILES string of the molecule is CC(=O)O[C@@H](C)C(=O)OP(=O)(O[Si](C)(C)C)[Si](C)(C)C. The highest BCUT2D eigenvalue weighted by Gasteiger charge is 2.47. The standard InChI is InChI=1S/C11H25O6PSi2/c1-9(15-10(2)12)11(13)16-18(14,20(6,7)8)17-19(3,4)5/h9H,1-8H3/t9-,18?/m0/s1. The van der Waals surface area contributed by atoms with E-state index in [1.807, 2.05) is 39.3 Å². The highest BCUT2D eigenvalue weighted by atomic mass is 31.4. The summed E-state index contributed by atoms with van der Waals surface area (Å²) in [4.78, 5) is 22.7. The molecule has 6 nitrogen and oxygen atoms in total. The third-order valence-corrected chi connectivity index (χ3v) is 13.3. The van der Waals surface area contributed by atoms with Crippen molar-refractivity contribution in [2.75, 3.05) is 0 Å². The third-order valence-electron chi connectivity index (χ3n) is 2.10. The molecule has 0 aliphatic carbocycles. The summed E-state index contributed by atoms with van der Waals surface area (Å²) < 4.78 is 28.5. The molecule has 0 aromatic carbocycles. The molecule has 118 valence electrons. The average Bonchev–Trinajstić information content (AvgIpc) is 2.10. The van der Waals surface area contributed by atoms with Gasteiger partial charge < -0.3 is 13.5 Å². The first-order valence-corrected chi connectivity index (χ1v) is 15.7. The molecule has 0 spiro atoms. The number of carbonyl (C=O) groups excluding carboxylic acids is 2. The van der Waals surface area contributed by atoms with Gasteiger partial charge in [0.05, 0.1) is 0 Å². The van der Waals surface area contributed by atoms with Crippen LogP contribution in [0.1, 0.15) is 13.8 Å². The average molecular weight is 340 g/mol. The normalized spacial score (nSPS) is 17.0. The third kappa shape index (κ3) is 6.34. The molecular formula is C11H25O6PSi2. The van der Waals surface area contributed by atoms with Crippen LogP contribution in [0.2, 0.25) is 39.3 Å². The first kappa shape index (κ1) is 19.6. The van der Waals surface area contributed by atoms with Gasteiger partial charge in [0.1, 0.15) is 0 Å². The summed E-state index contributed by atoms with van der Waals surface area (Å²) in [6, 6.07) is 0. The van der Waals surface area contributed by atoms with E-state index in [2.05, 4.69) is 0 Å². The molecule has 1 unspecified atom stereocenters. The van der Waals surface area contributed by atoms with Gasteiger partial charge in [0, 0.05) is 6.92 Å². The maximum absolute atomic E-state index is 12.9. The Morgan fingerprint density at radius 2 is 1.50 bits per heavy atom. The zero-order chi connectivity index (χ0) is 16.4. The van der Waals surface area contributed by atoms with E-state index in [9.17, 15) is 14.2 Å². The molecular weight excluding hydrogens is 315 g/mol. The van der Waals surface area contributed by atoms with Gasteiger partial charge in [-0.15, -0.1) is 0 Å². The Morgan fingerprint density at radius 1 is 1.05 bits per heavy atom. The van der Waals surface area contributed by atoms with Gasteiger partial charge in [-0.1, -0.05) is 19.6 Å². The van der Waals surface area contributed by atoms with Gasteiger partial charge in [0.15, 0.2) is 22.2 Å². The van der Waals surface area contributed by atoms with Crippen molar-refractivity contribution in [1.29, 1.82) is 0 Å². The maximum atomic E-state index is 12.9. The molecule has 0 aromatic heterocycles. The smallest absolute Gasteiger partial charge is 0.353 e. The molecule has 0 rings (SSSR count). The summed E-state index contributed by atoms with van der Waals surface area (Å²) >= 11 is 0. The second-order valence-electron chi connectivity index (χ2n) is 6.53. The van der Waals surface area contributed by atoms with Crippen molar-refractivity contribution in [3.05, 3.63) is 0 Å². The second-order valence-corrected chi connectivity index (χ2v) is 22.7. The van der Waals surface area contributed by atoms with E-state index >= 15 is 0 Å². The van der Waals surface area contributed by atoms with Crippen LogP contribution in [-0.4, -0.2) is 34.1 Å². The second kappa shape index (κ2) is 6.55. The van der Waals surface area contributed by atoms with Crippen LogP contribution in [0.25, 0.3) is 0 Å². The summed E-state index contributed by atoms with van der Waals surface area (Å²) in [6.45, 7) is 13.7. The lowest BCUT2D eigenvalue weighted by Crippen LogP contribution is -2.35. The Bertz CT molecular complexity index is 424. The van der Waals surface area contributed by atoms with E-state index in [1.54, 1.807) is 0 Å². The van der Waals surface area contributed by atoms with Gasteiger partial charge in [0.2, 0.25) is 0 Å². The van der Waals surface area contributed by atoms with E-state index in [0.717, 1.165) is 0 Å². The molecule has 0 heterocycles. The number of ether oxygens (including phenoxy) is 1. The van der Waals surface area contributed by atoms with Crippen molar-refractivity contribution in [3.8, 4) is 0 Å². The monoisotopic (exact) mass is 340 g/mol. The Morgan fingerprint density at radius 3 is 1.80 bits per heavy atom. The molecule has 0 saturated carbocycles. The Labute approximate surface area is 122 Å². The van der Waals surface area contributed by atoms with Crippen molar-refractivity contribution < 1.29 is 27.6 Å². The van der Waals surface area contributed by atoms with E-state index < -0.39 is 41.2 Å². The van der Waals surface area contributed by atoms with Crippen molar-refractivity contribution >= 4 is 35.1 Å². The van der Waals surface area contributed by atoms with Gasteiger partial charge in [-0.05, 0) is 26.6 Å². The van der Waals surface area contributed by atoms with Gasteiger partial charge in [0.25, 0.3) is 0 Å². The zero-order valence-electron chi connectivity index (χ0n) is 13.5. The van der Waals surface area contributed by atoms with Crippen LogP contribution < -0.4 is 0 Å². The van der Waals surface area contributed by atoms with Crippen molar-refractivity contribution in [3.63, 3.8) is 0 Å². The Balaban J connectivity index is 5.16. The zero-order valence-corrected chi connectivity index (χ0v) is 16.4. The molecule has 0 saturated heterocycles. The Hall–Kier alpha value is -0.436. The molecule has 20 heavy (non-hydrogen) atoms. The molecule has 0 bridgehead atoms. The summed E-state index contributed by atoms with van der Waals surface area (Å²) in [5.74, 6) is -1.42. The molecule has 0 amide bonds. The maximum Gasteiger partial charge on any atom is 0.353 e. The summed E-state index contributed by atoms with van der Waals surface area (Å²) in [7, 11) is -8.05. The molecule has 0 N–H and O–H groups in total. The molecule has 2 atom stereocenters. The molecule has 0 aromatic rings. The van der Waals surface area contributed by atoms with Crippen molar-refractivity contribution in [1.82, 2.24) is 0 Å². The molecule has 0 radical (unpaired) electrons. The van der Waals surface area contributed by atoms with Crippen LogP contribution in [0, 0.1) is 0 Å². The van der Waals surface area contributed by atoms with Crippen LogP contribution in [0.3, 0.4) is 0 Å². The predicted octanol–water partition coefficient (Wildman–Crippen LogP) is 3.36. The van der Waals surface area contributed by atoms with Gasteiger partial charge >= 0.3 is 19.1 Å². The first-order chi connectivity index (χ1) is 8.68. The molecule has 0 aliphatic rings. The number of hydrogen-bond acceptors (Lipinski definition) is 6. The largest absolute Gasteiger partial charge is 0.451 e. The molecule has 9 heteroatoms. The first-order valence-electron chi connectivity index (χ1n) is 6.39. The van der Waals surface area contributed by atoms with Crippen LogP contribution in [0.4, 0.5) is 0 Å². The Kier molecular flexibility index (Phi) is 6.41. The summed E-state index contributed by atoms with van der Waals surface area (Å²) in [5.41, 5.74) is 0. The molecule has 0 fully saturated rings. The number of esters is 1. The highest BCUT2D eigenvalue weighted by molar-refractivity contribution is 7.93.